The van der Waals surface area contributed by atoms with E-state index in [0.717, 1.165) is 6.07 Å². The van der Waals surface area contributed by atoms with Crippen LogP contribution in [0, 0.1) is 5.82 Å². The van der Waals surface area contributed by atoms with E-state index in [9.17, 15) is 17.6 Å². The minimum Gasteiger partial charge on any atom is -0.481 e. The van der Waals surface area contributed by atoms with Crippen LogP contribution in [0.15, 0.2) is 53.4 Å². The summed E-state index contributed by atoms with van der Waals surface area (Å²) in [5.41, 5.74) is 0.128. The largest absolute Gasteiger partial charge is 0.481 e. The number of carbonyl (C=O) groups is 1. The molecule has 2 aromatic rings. The maximum Gasteiger partial charge on any atom is 0.261 e. The Morgan fingerprint density at radius 2 is 1.83 bits per heavy atom. The molecule has 0 aromatic heterocycles. The van der Waals surface area contributed by atoms with E-state index in [1.54, 1.807) is 6.92 Å². The molecular weight excluding hydrogens is 335 g/mol. The highest BCUT2D eigenvalue weighted by Crippen LogP contribution is 2.20. The second-order valence-corrected chi connectivity index (χ2v) is 6.64. The van der Waals surface area contributed by atoms with Gasteiger partial charge >= 0.3 is 0 Å². The summed E-state index contributed by atoms with van der Waals surface area (Å²) in [5, 5.41) is 2.45. The normalized spacial score (nSPS) is 12.3. The number of rotatable bonds is 6. The number of carbonyl (C=O) groups excluding carboxylic acids is 1. The molecule has 0 aliphatic heterocycles. The Morgan fingerprint density at radius 3 is 2.42 bits per heavy atom. The summed E-state index contributed by atoms with van der Waals surface area (Å²) in [5.74, 6) is -0.475. The predicted molar refractivity (Wildman–Crippen MR) is 87.8 cm³/mol. The van der Waals surface area contributed by atoms with E-state index in [0.29, 0.717) is 5.75 Å². The first-order valence-corrected chi connectivity index (χ1v) is 8.57. The van der Waals surface area contributed by atoms with Gasteiger partial charge < -0.3 is 10.1 Å². The van der Waals surface area contributed by atoms with E-state index in [1.807, 2.05) is 0 Å². The Kier molecular flexibility index (Phi) is 5.40. The van der Waals surface area contributed by atoms with Gasteiger partial charge in [0.2, 0.25) is 0 Å². The number of halogens is 1. The van der Waals surface area contributed by atoms with Crippen LogP contribution in [0.5, 0.6) is 5.75 Å². The summed E-state index contributed by atoms with van der Waals surface area (Å²) in [6.45, 7) is 1.58. The lowest BCUT2D eigenvalue weighted by Gasteiger charge is -2.13. The molecule has 2 aromatic carbocycles. The third-order valence-electron chi connectivity index (χ3n) is 3.14. The Hall–Kier alpha value is -2.61. The van der Waals surface area contributed by atoms with Crippen molar-refractivity contribution in [1.82, 2.24) is 5.32 Å². The third-order valence-corrected chi connectivity index (χ3v) is 4.54. The van der Waals surface area contributed by atoms with Gasteiger partial charge in [-0.1, -0.05) is 6.07 Å². The minimum absolute atomic E-state index is 0.00768. The smallest absolute Gasteiger partial charge is 0.261 e. The fourth-order valence-electron chi connectivity index (χ4n) is 1.92. The van der Waals surface area contributed by atoms with Crippen molar-refractivity contribution in [3.05, 3.63) is 54.3 Å². The Bertz CT molecular complexity index is 822. The van der Waals surface area contributed by atoms with E-state index < -0.39 is 21.9 Å². The molecule has 0 unspecified atom stereocenters. The van der Waals surface area contributed by atoms with Crippen molar-refractivity contribution in [3.8, 4) is 5.75 Å². The van der Waals surface area contributed by atoms with Crippen LogP contribution < -0.4 is 14.8 Å². The monoisotopic (exact) mass is 352 g/mol. The number of likely N-dealkylation sites (N-methyl/N-ethyl adjacent to an activating group) is 1. The van der Waals surface area contributed by atoms with Crippen LogP contribution in [0.1, 0.15) is 6.92 Å². The van der Waals surface area contributed by atoms with Gasteiger partial charge in [0.1, 0.15) is 11.6 Å². The van der Waals surface area contributed by atoms with Crippen LogP contribution in [0.25, 0.3) is 0 Å². The Labute approximate surface area is 139 Å². The molecule has 128 valence electrons. The Balaban J connectivity index is 2.13. The standard InChI is InChI=1S/C16H17FN2O4S/c1-11(16(20)18-2)23-14-6-8-15(9-7-14)24(21,22)19-13-5-3-4-12(17)10-13/h3-11,19H,1-2H3,(H,18,20)/t11-/m0/s1. The molecule has 0 spiro atoms. The second kappa shape index (κ2) is 7.31. The fraction of sp³-hybridized carbons (Fsp3) is 0.188. The summed E-state index contributed by atoms with van der Waals surface area (Å²) in [6.07, 6.45) is -0.706. The van der Waals surface area contributed by atoms with E-state index in [4.69, 9.17) is 4.74 Å². The van der Waals surface area contributed by atoms with Crippen LogP contribution in [0.4, 0.5) is 10.1 Å². The first-order valence-electron chi connectivity index (χ1n) is 7.08. The molecule has 0 saturated carbocycles. The molecule has 0 aliphatic rings. The number of hydrogen-bond donors (Lipinski definition) is 2. The third kappa shape index (κ3) is 4.45. The van der Waals surface area contributed by atoms with Gasteiger partial charge in [-0.3, -0.25) is 9.52 Å². The van der Waals surface area contributed by atoms with Crippen LogP contribution in [-0.2, 0) is 14.8 Å². The van der Waals surface area contributed by atoms with Crippen molar-refractivity contribution in [1.29, 1.82) is 0 Å². The van der Waals surface area contributed by atoms with Crippen molar-refractivity contribution in [3.63, 3.8) is 0 Å². The summed E-state index contributed by atoms with van der Waals surface area (Å²) in [7, 11) is -2.35. The molecule has 8 heteroatoms. The quantitative estimate of drug-likeness (QED) is 0.834. The van der Waals surface area contributed by atoms with Gasteiger partial charge in [-0.05, 0) is 49.4 Å². The van der Waals surface area contributed by atoms with Crippen LogP contribution in [-0.4, -0.2) is 27.5 Å². The fourth-order valence-corrected chi connectivity index (χ4v) is 2.97. The van der Waals surface area contributed by atoms with Crippen molar-refractivity contribution in [2.45, 2.75) is 17.9 Å². The molecule has 1 amide bonds. The molecule has 24 heavy (non-hydrogen) atoms. The minimum atomic E-state index is -3.85. The number of benzene rings is 2. The molecule has 2 rings (SSSR count). The zero-order valence-electron chi connectivity index (χ0n) is 13.1. The maximum absolute atomic E-state index is 13.1. The van der Waals surface area contributed by atoms with Gasteiger partial charge in [0, 0.05) is 7.05 Å². The molecule has 0 aliphatic carbocycles. The molecule has 2 N–H and O–H groups in total. The van der Waals surface area contributed by atoms with Crippen LogP contribution in [0.2, 0.25) is 0 Å². The van der Waals surface area contributed by atoms with Crippen molar-refractivity contribution in [2.24, 2.45) is 0 Å². The number of hydrogen-bond acceptors (Lipinski definition) is 4. The summed E-state index contributed by atoms with van der Waals surface area (Å²) < 4.78 is 45.3. The van der Waals surface area contributed by atoms with Crippen molar-refractivity contribution >= 4 is 21.6 Å². The van der Waals surface area contributed by atoms with E-state index in [1.165, 1.54) is 49.5 Å². The van der Waals surface area contributed by atoms with Crippen molar-refractivity contribution in [2.75, 3.05) is 11.8 Å². The average molecular weight is 352 g/mol. The van der Waals surface area contributed by atoms with Gasteiger partial charge in [0.15, 0.2) is 6.10 Å². The first kappa shape index (κ1) is 17.7. The van der Waals surface area contributed by atoms with Gasteiger partial charge in [0.05, 0.1) is 10.6 Å². The number of sulfonamides is 1. The van der Waals surface area contributed by atoms with E-state index in [-0.39, 0.29) is 16.5 Å². The lowest BCUT2D eigenvalue weighted by atomic mass is 10.3. The average Bonchev–Trinajstić information content (AvgIpc) is 2.54. The van der Waals surface area contributed by atoms with Gasteiger partial charge in [0.25, 0.3) is 15.9 Å². The SMILES string of the molecule is CNC(=O)[C@H](C)Oc1ccc(S(=O)(=O)Nc2cccc(F)c2)cc1. The summed E-state index contributed by atoms with van der Waals surface area (Å²) in [4.78, 5) is 11.4. The summed E-state index contributed by atoms with van der Waals surface area (Å²) in [6, 6.07) is 10.7. The highest BCUT2D eigenvalue weighted by Gasteiger charge is 2.16. The lowest BCUT2D eigenvalue weighted by molar-refractivity contribution is -0.126. The topological polar surface area (TPSA) is 84.5 Å². The highest BCUT2D eigenvalue weighted by atomic mass is 32.2. The number of amides is 1. The molecule has 0 saturated heterocycles. The maximum atomic E-state index is 13.1. The zero-order valence-corrected chi connectivity index (χ0v) is 13.9. The second-order valence-electron chi connectivity index (χ2n) is 4.96. The van der Waals surface area contributed by atoms with Crippen LogP contribution >= 0.6 is 0 Å². The molecule has 6 nitrogen and oxygen atoms in total. The predicted octanol–water partition coefficient (Wildman–Crippen LogP) is 2.14. The number of anilines is 1. The first-order chi connectivity index (χ1) is 11.3. The Morgan fingerprint density at radius 1 is 1.17 bits per heavy atom. The molecule has 0 fully saturated rings. The van der Waals surface area contributed by atoms with Gasteiger partial charge in [-0.2, -0.15) is 0 Å². The molecule has 0 radical (unpaired) electrons. The molecular formula is C16H17FN2O4S. The van der Waals surface area contributed by atoms with Crippen molar-refractivity contribution < 1.29 is 22.3 Å². The van der Waals surface area contributed by atoms with Gasteiger partial charge in [-0.25, -0.2) is 12.8 Å². The molecule has 0 bridgehead atoms. The molecule has 1 atom stereocenters. The summed E-state index contributed by atoms with van der Waals surface area (Å²) >= 11 is 0. The number of nitrogens with one attached hydrogen (secondary N) is 2. The van der Waals surface area contributed by atoms with E-state index >= 15 is 0 Å². The molecule has 0 heterocycles. The zero-order chi connectivity index (χ0) is 17.7. The van der Waals surface area contributed by atoms with Gasteiger partial charge in [-0.15, -0.1) is 0 Å². The van der Waals surface area contributed by atoms with E-state index in [2.05, 4.69) is 10.0 Å². The van der Waals surface area contributed by atoms with Crippen LogP contribution in [0.3, 0.4) is 0 Å². The highest BCUT2D eigenvalue weighted by molar-refractivity contribution is 7.92. The lowest BCUT2D eigenvalue weighted by Crippen LogP contribution is -2.33. The number of ether oxygens (including phenoxy) is 1.